The third kappa shape index (κ3) is 4.40. The average molecular weight is 341 g/mol. The van der Waals surface area contributed by atoms with Crippen molar-refractivity contribution in [1.29, 1.82) is 0 Å². The van der Waals surface area contributed by atoms with Crippen LogP contribution in [0, 0.1) is 0 Å². The molecule has 0 spiro atoms. The normalized spacial score (nSPS) is 20.5. The molecule has 3 rings (SSSR count). The van der Waals surface area contributed by atoms with Gasteiger partial charge in [-0.3, -0.25) is 0 Å². The number of hydrogen-bond donors (Lipinski definition) is 3. The van der Waals surface area contributed by atoms with Gasteiger partial charge in [0.2, 0.25) is 0 Å². The Balaban J connectivity index is 1.59. The summed E-state index contributed by atoms with van der Waals surface area (Å²) in [7, 11) is 0. The summed E-state index contributed by atoms with van der Waals surface area (Å²) >= 11 is 0. The first-order valence-electron chi connectivity index (χ1n) is 8.97. The smallest absolute Gasteiger partial charge is 0.115 e. The molecule has 4 nitrogen and oxygen atoms in total. The first kappa shape index (κ1) is 17.9. The Hall–Kier alpha value is -1.88. The minimum atomic E-state index is -0.623. The maximum Gasteiger partial charge on any atom is 0.115 e. The van der Waals surface area contributed by atoms with Gasteiger partial charge in [-0.25, -0.2) is 0 Å². The molecule has 134 valence electrons. The van der Waals surface area contributed by atoms with Crippen molar-refractivity contribution in [1.82, 2.24) is 5.32 Å². The van der Waals surface area contributed by atoms with Gasteiger partial charge in [0, 0.05) is 12.1 Å². The Morgan fingerprint density at radius 2 is 1.84 bits per heavy atom. The predicted molar refractivity (Wildman–Crippen MR) is 98.6 cm³/mol. The van der Waals surface area contributed by atoms with Crippen molar-refractivity contribution in [2.24, 2.45) is 0 Å². The van der Waals surface area contributed by atoms with Gasteiger partial charge in [0.15, 0.2) is 0 Å². The SMILES string of the molecule is CC(CC1OCCc2ccccc21)NC(C)C(O)c1ccc(O)cc1. The molecule has 1 aliphatic rings. The van der Waals surface area contributed by atoms with E-state index in [0.717, 1.165) is 25.0 Å². The van der Waals surface area contributed by atoms with Crippen LogP contribution in [0.4, 0.5) is 0 Å². The highest BCUT2D eigenvalue weighted by molar-refractivity contribution is 5.31. The Bertz CT molecular complexity index is 686. The van der Waals surface area contributed by atoms with Gasteiger partial charge in [-0.15, -0.1) is 0 Å². The third-order valence-electron chi connectivity index (χ3n) is 4.92. The van der Waals surface area contributed by atoms with E-state index in [1.165, 1.54) is 11.1 Å². The fourth-order valence-electron chi connectivity index (χ4n) is 3.56. The Morgan fingerprint density at radius 3 is 2.60 bits per heavy atom. The highest BCUT2D eigenvalue weighted by atomic mass is 16.5. The molecular weight excluding hydrogens is 314 g/mol. The fourth-order valence-corrected chi connectivity index (χ4v) is 3.56. The van der Waals surface area contributed by atoms with E-state index in [0.29, 0.717) is 0 Å². The summed E-state index contributed by atoms with van der Waals surface area (Å²) in [5, 5.41) is 23.4. The van der Waals surface area contributed by atoms with Crippen LogP contribution < -0.4 is 5.32 Å². The lowest BCUT2D eigenvalue weighted by Crippen LogP contribution is -2.39. The van der Waals surface area contributed by atoms with E-state index in [1.54, 1.807) is 24.3 Å². The van der Waals surface area contributed by atoms with Gasteiger partial charge in [0.05, 0.1) is 18.8 Å². The number of nitrogens with one attached hydrogen (secondary N) is 1. The Kier molecular flexibility index (Phi) is 5.74. The average Bonchev–Trinajstić information content (AvgIpc) is 2.62. The molecule has 0 saturated heterocycles. The van der Waals surface area contributed by atoms with Crippen LogP contribution in [0.2, 0.25) is 0 Å². The van der Waals surface area contributed by atoms with E-state index in [4.69, 9.17) is 4.74 Å². The van der Waals surface area contributed by atoms with Crippen LogP contribution in [-0.2, 0) is 11.2 Å². The summed E-state index contributed by atoms with van der Waals surface area (Å²) in [6, 6.07) is 15.3. The lowest BCUT2D eigenvalue weighted by atomic mass is 9.93. The number of aliphatic hydroxyl groups is 1. The summed E-state index contributed by atoms with van der Waals surface area (Å²) in [6.45, 7) is 4.87. The topological polar surface area (TPSA) is 61.7 Å². The highest BCUT2D eigenvalue weighted by Crippen LogP contribution is 2.30. The van der Waals surface area contributed by atoms with Crippen molar-refractivity contribution in [3.05, 3.63) is 65.2 Å². The monoisotopic (exact) mass is 341 g/mol. The molecule has 4 atom stereocenters. The molecule has 25 heavy (non-hydrogen) atoms. The Labute approximate surface area is 149 Å². The molecule has 2 aromatic carbocycles. The molecule has 0 aliphatic carbocycles. The minimum absolute atomic E-state index is 0.0987. The van der Waals surface area contributed by atoms with E-state index in [2.05, 4.69) is 36.5 Å². The fraction of sp³-hybridized carbons (Fsp3) is 0.429. The molecule has 3 N–H and O–H groups in total. The van der Waals surface area contributed by atoms with Gasteiger partial charge in [-0.1, -0.05) is 36.4 Å². The number of aromatic hydroxyl groups is 1. The number of ether oxygens (including phenoxy) is 1. The van der Waals surface area contributed by atoms with E-state index >= 15 is 0 Å². The zero-order chi connectivity index (χ0) is 17.8. The van der Waals surface area contributed by atoms with E-state index in [1.807, 2.05) is 6.92 Å². The minimum Gasteiger partial charge on any atom is -0.508 e. The molecule has 1 aliphatic heterocycles. The third-order valence-corrected chi connectivity index (χ3v) is 4.92. The second-order valence-electron chi connectivity index (χ2n) is 6.94. The van der Waals surface area contributed by atoms with Crippen LogP contribution in [0.5, 0.6) is 5.75 Å². The summed E-state index contributed by atoms with van der Waals surface area (Å²) < 4.78 is 5.98. The second-order valence-corrected chi connectivity index (χ2v) is 6.94. The van der Waals surface area contributed by atoms with E-state index in [-0.39, 0.29) is 23.9 Å². The molecule has 0 fully saturated rings. The van der Waals surface area contributed by atoms with Crippen molar-refractivity contribution in [2.45, 2.75) is 51.0 Å². The second kappa shape index (κ2) is 8.00. The van der Waals surface area contributed by atoms with Crippen LogP contribution >= 0.6 is 0 Å². The summed E-state index contributed by atoms with van der Waals surface area (Å²) in [5.74, 6) is 0.207. The van der Waals surface area contributed by atoms with Gasteiger partial charge in [0.25, 0.3) is 0 Å². The van der Waals surface area contributed by atoms with Crippen LogP contribution in [0.25, 0.3) is 0 Å². The van der Waals surface area contributed by atoms with Crippen molar-refractivity contribution >= 4 is 0 Å². The number of hydrogen-bond acceptors (Lipinski definition) is 4. The summed E-state index contributed by atoms with van der Waals surface area (Å²) in [6.07, 6.45) is 1.32. The maximum atomic E-state index is 10.5. The van der Waals surface area contributed by atoms with E-state index in [9.17, 15) is 10.2 Å². The lowest BCUT2D eigenvalue weighted by molar-refractivity contribution is 0.0276. The molecule has 2 aromatic rings. The molecular formula is C21H27NO3. The number of benzene rings is 2. The standard InChI is InChI=1S/C21H27NO3/c1-14(13-20-19-6-4-3-5-16(19)11-12-25-20)22-15(2)21(24)17-7-9-18(23)10-8-17/h3-10,14-15,20-24H,11-13H2,1-2H3. The van der Waals surface area contributed by atoms with Gasteiger partial charge >= 0.3 is 0 Å². The molecule has 1 heterocycles. The number of phenols is 1. The number of fused-ring (bicyclic) bond motifs is 1. The Morgan fingerprint density at radius 1 is 1.12 bits per heavy atom. The predicted octanol–water partition coefficient (Wildman–Crippen LogP) is 3.50. The van der Waals surface area contributed by atoms with Gasteiger partial charge in [-0.05, 0) is 55.5 Å². The van der Waals surface area contributed by atoms with Crippen LogP contribution in [0.3, 0.4) is 0 Å². The van der Waals surface area contributed by atoms with Crippen LogP contribution in [-0.4, -0.2) is 28.9 Å². The van der Waals surface area contributed by atoms with Crippen molar-refractivity contribution < 1.29 is 14.9 Å². The van der Waals surface area contributed by atoms with Crippen LogP contribution in [0.15, 0.2) is 48.5 Å². The molecule has 4 heteroatoms. The van der Waals surface area contributed by atoms with Crippen molar-refractivity contribution in [3.63, 3.8) is 0 Å². The quantitative estimate of drug-likeness (QED) is 0.753. The molecule has 0 radical (unpaired) electrons. The van der Waals surface area contributed by atoms with Gasteiger partial charge < -0.3 is 20.3 Å². The van der Waals surface area contributed by atoms with Crippen molar-refractivity contribution in [3.8, 4) is 5.75 Å². The zero-order valence-corrected chi connectivity index (χ0v) is 14.9. The van der Waals surface area contributed by atoms with Gasteiger partial charge in [0.1, 0.15) is 5.75 Å². The molecule has 0 amide bonds. The number of phenolic OH excluding ortho intramolecular Hbond substituents is 1. The first-order chi connectivity index (χ1) is 12.0. The number of aliphatic hydroxyl groups excluding tert-OH is 1. The lowest BCUT2D eigenvalue weighted by Gasteiger charge is -2.30. The maximum absolute atomic E-state index is 10.5. The molecule has 0 saturated carbocycles. The highest BCUT2D eigenvalue weighted by Gasteiger charge is 2.24. The van der Waals surface area contributed by atoms with Crippen LogP contribution in [0.1, 0.15) is 49.2 Å². The number of rotatable bonds is 6. The molecule has 4 unspecified atom stereocenters. The molecule has 0 bridgehead atoms. The summed E-state index contributed by atoms with van der Waals surface area (Å²) in [4.78, 5) is 0. The molecule has 0 aromatic heterocycles. The summed E-state index contributed by atoms with van der Waals surface area (Å²) in [5.41, 5.74) is 3.46. The first-order valence-corrected chi connectivity index (χ1v) is 8.97. The van der Waals surface area contributed by atoms with E-state index < -0.39 is 6.10 Å². The zero-order valence-electron chi connectivity index (χ0n) is 14.9. The largest absolute Gasteiger partial charge is 0.508 e. The van der Waals surface area contributed by atoms with Gasteiger partial charge in [-0.2, -0.15) is 0 Å². The van der Waals surface area contributed by atoms with Crippen molar-refractivity contribution in [2.75, 3.05) is 6.61 Å².